The van der Waals surface area contributed by atoms with Crippen molar-refractivity contribution in [1.82, 2.24) is 29.6 Å². The summed E-state index contributed by atoms with van der Waals surface area (Å²) in [6.07, 6.45) is 6.27. The number of amides is 5. The van der Waals surface area contributed by atoms with Crippen LogP contribution in [0, 0.1) is 0 Å². The van der Waals surface area contributed by atoms with Gasteiger partial charge in [-0.2, -0.15) is 0 Å². The number of hydrogen-bond acceptors (Lipinski definition) is 18. The Kier molecular flexibility index (Phi) is 23.9. The van der Waals surface area contributed by atoms with E-state index in [4.69, 9.17) is 25.2 Å². The highest BCUT2D eigenvalue weighted by Gasteiger charge is 2.35. The summed E-state index contributed by atoms with van der Waals surface area (Å²) in [5.74, 6) is -1.37. The predicted octanol–water partition coefficient (Wildman–Crippen LogP) is 12.8. The number of ether oxygens (including phenoxy) is 2. The maximum atomic E-state index is 13.4. The van der Waals surface area contributed by atoms with Gasteiger partial charge >= 0.3 is 11.9 Å². The van der Waals surface area contributed by atoms with E-state index in [1.165, 1.54) is 7.11 Å². The van der Waals surface area contributed by atoms with Gasteiger partial charge in [-0.05, 0) is 193 Å². The van der Waals surface area contributed by atoms with Gasteiger partial charge < -0.3 is 75.0 Å². The van der Waals surface area contributed by atoms with Gasteiger partial charge in [0.25, 0.3) is 5.91 Å². The van der Waals surface area contributed by atoms with Crippen molar-refractivity contribution < 1.29 is 53.2 Å². The number of rotatable bonds is 19. The van der Waals surface area contributed by atoms with E-state index in [0.29, 0.717) is 101 Å². The van der Waals surface area contributed by atoms with E-state index in [9.17, 15) is 43.8 Å². The zero-order valence-electron chi connectivity index (χ0n) is 67.8. The number of carbonyl (C=O) groups excluding carboxylic acids is 7. The number of H-pyrrole nitrogens is 2. The fourth-order valence-corrected chi connectivity index (χ4v) is 16.5. The molecule has 9 aromatic carbocycles. The number of aromatic amines is 2. The number of hydrogen-bond donors (Lipinski definition) is 6. The number of nitrogens with two attached hydrogens (primary N) is 1. The summed E-state index contributed by atoms with van der Waals surface area (Å²) < 4.78 is 10.5. The number of anilines is 5. The van der Waals surface area contributed by atoms with Crippen LogP contribution in [-0.2, 0) is 47.9 Å². The summed E-state index contributed by atoms with van der Waals surface area (Å²) >= 11 is 0. The van der Waals surface area contributed by atoms with E-state index in [1.807, 2.05) is 210 Å². The van der Waals surface area contributed by atoms with Gasteiger partial charge in [0.2, 0.25) is 23.6 Å². The minimum absolute atomic E-state index is 0.0203. The molecule has 17 rings (SSSR count). The Hall–Kier alpha value is -13.3. The molecule has 608 valence electrons. The third-order valence-electron chi connectivity index (χ3n) is 22.5. The Morgan fingerprint density at radius 3 is 1.47 bits per heavy atom. The monoisotopic (exact) mass is 1600 g/mol. The second-order valence-electron chi connectivity index (χ2n) is 31.3. The number of piperazine rings is 1. The number of aromatic nitrogens is 2. The van der Waals surface area contributed by atoms with Gasteiger partial charge in [0.15, 0.2) is 11.8 Å². The number of methoxy groups -OCH3 is 1. The number of likely N-dealkylation sites (N-methyl/N-ethyl adjacent to an activating group) is 3. The van der Waals surface area contributed by atoms with Gasteiger partial charge in [0.1, 0.15) is 6.10 Å². The first-order chi connectivity index (χ1) is 57.5. The quantitative estimate of drug-likeness (QED) is 0.0249. The van der Waals surface area contributed by atoms with Gasteiger partial charge in [-0.3, -0.25) is 28.9 Å². The van der Waals surface area contributed by atoms with E-state index < -0.39 is 11.9 Å². The summed E-state index contributed by atoms with van der Waals surface area (Å²) in [5, 5.41) is 26.5. The van der Waals surface area contributed by atoms with Gasteiger partial charge in [-0.25, -0.2) is 19.6 Å². The number of carbonyl (C=O) groups is 7. The Morgan fingerprint density at radius 2 is 0.966 bits per heavy atom. The van der Waals surface area contributed by atoms with E-state index >= 15 is 0 Å². The average molecular weight is 1600 g/mol. The molecule has 25 heteroatoms. The summed E-state index contributed by atoms with van der Waals surface area (Å²) in [7, 11) is 12.9. The molecule has 11 aromatic rings. The summed E-state index contributed by atoms with van der Waals surface area (Å²) in [6.45, 7) is 6.88. The molecule has 2 fully saturated rings. The number of nitrogens with one attached hydrogen (secondary N) is 3. The van der Waals surface area contributed by atoms with Gasteiger partial charge in [-0.1, -0.05) is 109 Å². The lowest BCUT2D eigenvalue weighted by Gasteiger charge is -2.32. The van der Waals surface area contributed by atoms with Crippen molar-refractivity contribution in [1.29, 1.82) is 0 Å². The lowest BCUT2D eigenvalue weighted by molar-refractivity contribution is -0.120. The smallest absolute Gasteiger partial charge is 0.338 e. The molecule has 0 bridgehead atoms. The molecule has 1 aliphatic carbocycles. The van der Waals surface area contributed by atoms with E-state index in [-0.39, 0.29) is 47.5 Å². The number of esters is 2. The molecule has 5 aliphatic heterocycles. The molecular formula is C94H96N14O11. The van der Waals surface area contributed by atoms with Crippen molar-refractivity contribution in [2.75, 3.05) is 140 Å². The van der Waals surface area contributed by atoms with Crippen molar-refractivity contribution in [3.63, 3.8) is 0 Å². The number of aromatic hydroxyl groups is 2. The molecule has 7 N–H and O–H groups in total. The maximum absolute atomic E-state index is 13.4. The summed E-state index contributed by atoms with van der Waals surface area (Å²) in [5.41, 5.74) is 23.7. The van der Waals surface area contributed by atoms with Crippen molar-refractivity contribution in [3.05, 3.63) is 267 Å². The van der Waals surface area contributed by atoms with Crippen LogP contribution in [0.2, 0.25) is 0 Å². The largest absolute Gasteiger partial charge is 0.494 e. The third kappa shape index (κ3) is 17.6. The summed E-state index contributed by atoms with van der Waals surface area (Å²) in [6, 6.07) is 62.5. The first kappa shape index (κ1) is 80.8. The molecule has 0 unspecified atom stereocenters. The highest BCUT2D eigenvalue weighted by Crippen LogP contribution is 2.44. The van der Waals surface area contributed by atoms with E-state index in [1.54, 1.807) is 48.5 Å². The Labute approximate surface area is 690 Å². The Bertz CT molecular complexity index is 5840. The van der Waals surface area contributed by atoms with Crippen molar-refractivity contribution >= 4 is 126 Å². The molecule has 25 nitrogen and oxygen atoms in total. The van der Waals surface area contributed by atoms with Crippen LogP contribution in [0.4, 0.5) is 39.8 Å². The van der Waals surface area contributed by atoms with Gasteiger partial charge in [0, 0.05) is 120 Å². The minimum atomic E-state index is -0.538. The standard InChI is InChI=1S/C33H34N4O4.C31H32N6O3.C30H30N4O4/c1-36(2)20-29(38)37-17-16-22-18-24(13-15-28(22)37)34-31(21-8-4-3-5-9-21)30-26-14-12-23(19-27(26)35-32(30)39)33(40)41-25-10-6-7-11-25;1-35-13-15-36(16-14-35)19-27(38)37-12-11-21-17-23(8-10-26(21)37)33-29(20-5-3-2-4-6-20)28-24-9-7-22(30(32)39)18-25(24)34-31(28)40;1-32(2)18-26(35)34-15-14-20-16-22(11-13-25(20)34)33(3)28(19-8-6-5-7-9-19)27-23-12-10-21(30(37)38-4)17-24(23)31-29(27)36/h3-5,8-9,12-15,18-19,25,35,39H,6-7,10-11,16-17,20H2,1-2H3;2-10,17-18,34,40H,11-16,19H2,1H3,(H2,32,39);5-13,16-17H,14-15,18H2,1-4H3,(H,31,36)/b;;28-27-. The Balaban J connectivity index is 0.000000139. The first-order valence-electron chi connectivity index (χ1n) is 40.1. The normalized spacial score (nSPS) is 15.7. The number of aliphatic imine (C=N–C) groups is 2. The lowest BCUT2D eigenvalue weighted by Crippen LogP contribution is -2.48. The van der Waals surface area contributed by atoms with Crippen LogP contribution in [0.3, 0.4) is 0 Å². The molecule has 1 saturated heterocycles. The summed E-state index contributed by atoms with van der Waals surface area (Å²) in [4.78, 5) is 120. The molecular weight excluding hydrogens is 1500 g/mol. The minimum Gasteiger partial charge on any atom is -0.494 e. The predicted molar refractivity (Wildman–Crippen MR) is 466 cm³/mol. The van der Waals surface area contributed by atoms with Crippen molar-refractivity contribution in [2.45, 2.75) is 51.0 Å². The van der Waals surface area contributed by atoms with Crippen LogP contribution in [0.1, 0.15) is 107 Å². The molecule has 1 saturated carbocycles. The highest BCUT2D eigenvalue weighted by atomic mass is 16.5. The zero-order chi connectivity index (χ0) is 83.3. The average Bonchev–Trinajstić information content (AvgIpc) is 1.61. The fourth-order valence-electron chi connectivity index (χ4n) is 16.5. The molecule has 5 amide bonds. The van der Waals surface area contributed by atoms with Crippen molar-refractivity contribution in [2.24, 2.45) is 15.7 Å². The molecule has 2 aromatic heterocycles. The number of fused-ring (bicyclic) bond motifs is 6. The van der Waals surface area contributed by atoms with Crippen LogP contribution in [0.5, 0.6) is 11.8 Å². The molecule has 0 spiro atoms. The molecule has 0 atom stereocenters. The van der Waals surface area contributed by atoms with E-state index in [0.717, 1.165) is 161 Å². The molecule has 6 aliphatic rings. The lowest BCUT2D eigenvalue weighted by atomic mass is 9.98. The highest BCUT2D eigenvalue weighted by molar-refractivity contribution is 6.38. The number of nitrogens with zero attached hydrogens (tertiary/aromatic N) is 10. The number of primary amides is 1. The van der Waals surface area contributed by atoms with Gasteiger partial charge in [-0.15, -0.1) is 0 Å². The second-order valence-corrected chi connectivity index (χ2v) is 31.3. The van der Waals surface area contributed by atoms with E-state index in [2.05, 4.69) is 38.2 Å². The topological polar surface area (TPSA) is 299 Å². The fraction of sp³-hybridized carbons (Fsp3) is 0.266. The second kappa shape index (κ2) is 35.2. The van der Waals surface area contributed by atoms with Crippen LogP contribution in [0.25, 0.3) is 33.1 Å². The molecule has 119 heavy (non-hydrogen) atoms. The van der Waals surface area contributed by atoms with Gasteiger partial charge in [0.05, 0.1) is 88.8 Å². The molecule has 7 heterocycles. The maximum Gasteiger partial charge on any atom is 0.338 e. The SMILES string of the molecule is CN(C)CC(=O)N1CCc2cc(N=C(c3ccccc3)c3c(O)[nH]c4cc(C(=O)OC5CCCC5)ccc34)ccc21.CN1CCN(CC(=O)N2CCc3cc(N=C(c4ccccc4)c4c(O)[nH]c5cc(C(N)=O)ccc45)ccc32)CC1.COC(=O)c1ccc2c(c1)NC(=O)/C2=C(/c1ccccc1)N(C)c1ccc2c(c1)CCN2C(=O)CN(C)C. The van der Waals surface area contributed by atoms with Crippen LogP contribution >= 0.6 is 0 Å². The first-order valence-corrected chi connectivity index (χ1v) is 40.1. The zero-order valence-corrected chi connectivity index (χ0v) is 67.8. The third-order valence-corrected chi connectivity index (χ3v) is 22.5. The molecule has 0 radical (unpaired) electrons. The number of benzene rings is 9. The van der Waals surface area contributed by atoms with Crippen LogP contribution in [0.15, 0.2) is 210 Å². The van der Waals surface area contributed by atoms with Crippen LogP contribution in [-0.4, -0.2) is 214 Å². The van der Waals surface area contributed by atoms with Crippen molar-refractivity contribution in [3.8, 4) is 11.8 Å². The Morgan fingerprint density at radius 1 is 0.504 bits per heavy atom. The van der Waals surface area contributed by atoms with Crippen LogP contribution < -0.4 is 30.7 Å².